The first-order valence-corrected chi connectivity index (χ1v) is 17.8. The SMILES string of the molecule is NNC(=O)c1ccc(Cl)cc1.O=C(N/N=C/c1c(O)ccc2cccnc12)c1ccc(Cl)cc1.O=Cc1c(O)ccc2cccnc12.Oc1ccc2cccnc2c1. The number of hydrogen-bond donors (Lipinski definition) is 6. The summed E-state index contributed by atoms with van der Waals surface area (Å²) in [6.45, 7) is 0. The molecule has 58 heavy (non-hydrogen) atoms. The predicted octanol–water partition coefficient (Wildman–Crippen LogP) is 7.99. The highest BCUT2D eigenvalue weighted by atomic mass is 35.5. The number of carbonyl (C=O) groups excluding carboxylic acids is 3. The minimum atomic E-state index is -0.370. The van der Waals surface area contributed by atoms with E-state index >= 15 is 0 Å². The number of hydrogen-bond acceptors (Lipinski definition) is 11. The Morgan fingerprint density at radius 3 is 1.64 bits per heavy atom. The Morgan fingerprint density at radius 1 is 0.603 bits per heavy atom. The average molecular weight is 815 g/mol. The van der Waals surface area contributed by atoms with Gasteiger partial charge in [0.25, 0.3) is 11.8 Å². The van der Waals surface area contributed by atoms with Gasteiger partial charge in [0.05, 0.1) is 33.9 Å². The first-order valence-electron chi connectivity index (χ1n) is 17.1. The van der Waals surface area contributed by atoms with Crippen LogP contribution in [0, 0.1) is 0 Å². The van der Waals surface area contributed by atoms with E-state index in [1.807, 2.05) is 41.8 Å². The van der Waals surface area contributed by atoms with Gasteiger partial charge in [-0.3, -0.25) is 34.8 Å². The van der Waals surface area contributed by atoms with Crippen LogP contribution in [0.1, 0.15) is 36.6 Å². The number of hydrazine groups is 1. The molecule has 2 amide bonds. The van der Waals surface area contributed by atoms with Gasteiger partial charge in [-0.25, -0.2) is 11.3 Å². The van der Waals surface area contributed by atoms with Crippen LogP contribution in [0.4, 0.5) is 0 Å². The fraction of sp³-hybridized carbons (Fsp3) is 0. The number of phenols is 3. The van der Waals surface area contributed by atoms with Gasteiger partial charge < -0.3 is 15.3 Å². The number of nitrogens with two attached hydrogens (primary N) is 1. The number of carbonyl (C=O) groups is 3. The van der Waals surface area contributed by atoms with Gasteiger partial charge in [-0.2, -0.15) is 5.10 Å². The molecule has 0 aliphatic carbocycles. The minimum Gasteiger partial charge on any atom is -0.508 e. The lowest BCUT2D eigenvalue weighted by molar-refractivity contribution is 0.0946. The molecule has 0 aliphatic heterocycles. The molecular weight excluding hydrogens is 781 g/mol. The number of nitrogens with zero attached hydrogens (tertiary/aromatic N) is 4. The van der Waals surface area contributed by atoms with Crippen molar-refractivity contribution in [3.63, 3.8) is 0 Å². The van der Waals surface area contributed by atoms with Crippen molar-refractivity contribution in [2.24, 2.45) is 10.9 Å². The first-order chi connectivity index (χ1) is 28.1. The van der Waals surface area contributed by atoms with Gasteiger partial charge >= 0.3 is 0 Å². The lowest BCUT2D eigenvalue weighted by Crippen LogP contribution is -2.29. The van der Waals surface area contributed by atoms with Crippen LogP contribution in [0.25, 0.3) is 32.7 Å². The third kappa shape index (κ3) is 11.3. The molecule has 8 rings (SSSR count). The maximum atomic E-state index is 11.9. The lowest BCUT2D eigenvalue weighted by atomic mass is 10.1. The number of aldehydes is 1. The van der Waals surface area contributed by atoms with Crippen LogP contribution >= 0.6 is 23.2 Å². The predicted molar refractivity (Wildman–Crippen MR) is 225 cm³/mol. The maximum absolute atomic E-state index is 11.9. The van der Waals surface area contributed by atoms with Gasteiger partial charge in [-0.1, -0.05) is 41.4 Å². The van der Waals surface area contributed by atoms with E-state index in [0.29, 0.717) is 44.1 Å². The summed E-state index contributed by atoms with van der Waals surface area (Å²) in [4.78, 5) is 45.8. The van der Waals surface area contributed by atoms with Crippen molar-refractivity contribution in [1.82, 2.24) is 25.8 Å². The second-order valence-corrected chi connectivity index (χ2v) is 12.7. The Bertz CT molecular complexity index is 2720. The highest BCUT2D eigenvalue weighted by Gasteiger charge is 2.08. The summed E-state index contributed by atoms with van der Waals surface area (Å²) in [7, 11) is 0. The number of fused-ring (bicyclic) bond motifs is 3. The Hall–Kier alpha value is -7.45. The molecule has 0 radical (unpaired) electrons. The van der Waals surface area contributed by atoms with E-state index in [-0.39, 0.29) is 34.6 Å². The van der Waals surface area contributed by atoms with Gasteiger partial charge in [-0.05, 0) is 103 Å². The van der Waals surface area contributed by atoms with Crippen molar-refractivity contribution < 1.29 is 29.7 Å². The molecule has 13 nitrogen and oxygen atoms in total. The number of rotatable bonds is 5. The Balaban J connectivity index is 0.000000157. The molecule has 0 atom stereocenters. The number of hydrazone groups is 1. The molecule has 0 unspecified atom stereocenters. The molecule has 5 aromatic carbocycles. The highest BCUT2D eigenvalue weighted by molar-refractivity contribution is 6.31. The summed E-state index contributed by atoms with van der Waals surface area (Å²) in [5.74, 6) is 4.50. The zero-order valence-corrected chi connectivity index (χ0v) is 31.7. The van der Waals surface area contributed by atoms with E-state index in [0.717, 1.165) is 21.7 Å². The van der Waals surface area contributed by atoms with Crippen molar-refractivity contribution in [3.8, 4) is 17.2 Å². The summed E-state index contributed by atoms with van der Waals surface area (Å²) in [6.07, 6.45) is 6.92. The zero-order valence-electron chi connectivity index (χ0n) is 30.2. The van der Waals surface area contributed by atoms with E-state index in [2.05, 4.69) is 25.5 Å². The van der Waals surface area contributed by atoms with E-state index < -0.39 is 0 Å². The standard InChI is InChI=1S/C17H12ClN3O2.C10H7NO2.C9H7NO.C7H7ClN2O/c18-13-6-3-12(4-7-13)17(23)21-20-10-14-15(22)8-5-11-2-1-9-19-16(11)14;12-6-8-9(13)4-3-7-2-1-5-11-10(7)8;11-8-4-3-7-2-1-5-10-9(7)6-8;8-6-3-1-5(2-4-6)7(11)10-9/h1-10,22H,(H,21,23);1-6,13H;1-6,11H;1-4H,9H2,(H,10,11)/b20-10+;;;. The van der Waals surface area contributed by atoms with Gasteiger partial charge in [0.1, 0.15) is 17.2 Å². The number of amides is 2. The van der Waals surface area contributed by atoms with Crippen molar-refractivity contribution in [1.29, 1.82) is 0 Å². The van der Waals surface area contributed by atoms with E-state index in [1.54, 1.807) is 104 Å². The number of nitrogens with one attached hydrogen (secondary N) is 2. The summed E-state index contributed by atoms with van der Waals surface area (Å²) < 4.78 is 0. The second-order valence-electron chi connectivity index (χ2n) is 11.8. The fourth-order valence-corrected chi connectivity index (χ4v) is 5.37. The van der Waals surface area contributed by atoms with Crippen LogP contribution in [0.15, 0.2) is 151 Å². The molecule has 3 aromatic heterocycles. The van der Waals surface area contributed by atoms with Gasteiger partial charge in [0.2, 0.25) is 0 Å². The normalized spacial score (nSPS) is 10.3. The molecule has 290 valence electrons. The third-order valence-corrected chi connectivity index (χ3v) is 8.50. The van der Waals surface area contributed by atoms with E-state index in [4.69, 9.17) is 34.2 Å². The van der Waals surface area contributed by atoms with Crippen LogP contribution in [0.3, 0.4) is 0 Å². The number of benzene rings is 5. The highest BCUT2D eigenvalue weighted by Crippen LogP contribution is 2.24. The summed E-state index contributed by atoms with van der Waals surface area (Å²) in [5, 5.41) is 36.2. The molecule has 0 saturated heterocycles. The Labute approximate surface area is 341 Å². The van der Waals surface area contributed by atoms with Crippen LogP contribution in [0.2, 0.25) is 10.0 Å². The third-order valence-electron chi connectivity index (χ3n) is 7.99. The summed E-state index contributed by atoms with van der Waals surface area (Å²) in [5.41, 5.74) is 8.03. The monoisotopic (exact) mass is 813 g/mol. The fourth-order valence-electron chi connectivity index (χ4n) is 5.12. The lowest BCUT2D eigenvalue weighted by Gasteiger charge is -2.04. The molecule has 7 N–H and O–H groups in total. The molecule has 0 spiro atoms. The van der Waals surface area contributed by atoms with Crippen LogP contribution in [0.5, 0.6) is 17.2 Å². The molecule has 0 fully saturated rings. The topological polar surface area (TPSA) is 213 Å². The van der Waals surface area contributed by atoms with Crippen LogP contribution in [-0.2, 0) is 0 Å². The first kappa shape index (κ1) is 41.7. The molecule has 0 bridgehead atoms. The number of aromatic hydroxyl groups is 3. The van der Waals surface area contributed by atoms with Gasteiger partial charge in [0, 0.05) is 62.0 Å². The largest absolute Gasteiger partial charge is 0.508 e. The molecule has 0 saturated carbocycles. The van der Waals surface area contributed by atoms with Crippen molar-refractivity contribution in [2.75, 3.05) is 0 Å². The van der Waals surface area contributed by atoms with Crippen molar-refractivity contribution >= 4 is 80.2 Å². The number of halogens is 2. The molecular formula is C43H33Cl2N7O6. The van der Waals surface area contributed by atoms with E-state index in [1.165, 1.54) is 12.3 Å². The molecule has 0 aliphatic rings. The maximum Gasteiger partial charge on any atom is 0.271 e. The summed E-state index contributed by atoms with van der Waals surface area (Å²) in [6, 6.07) is 35.8. The number of phenolic OH excluding ortho intramolecular Hbond substituents is 3. The quantitative estimate of drug-likeness (QED) is 0.0324. The van der Waals surface area contributed by atoms with E-state index in [9.17, 15) is 24.6 Å². The van der Waals surface area contributed by atoms with Gasteiger partial charge in [-0.15, -0.1) is 0 Å². The number of nitrogen functional groups attached to an aromatic ring is 1. The number of pyridine rings is 3. The molecule has 8 aromatic rings. The Kier molecular flexibility index (Phi) is 14.7. The zero-order chi connectivity index (χ0) is 41.4. The molecule has 3 heterocycles. The van der Waals surface area contributed by atoms with Crippen LogP contribution < -0.4 is 16.7 Å². The summed E-state index contributed by atoms with van der Waals surface area (Å²) >= 11 is 11.4. The molecule has 15 heteroatoms. The minimum absolute atomic E-state index is 0.0267. The number of aromatic nitrogens is 3. The Morgan fingerprint density at radius 2 is 1.09 bits per heavy atom. The van der Waals surface area contributed by atoms with Crippen LogP contribution in [-0.4, -0.2) is 54.6 Å². The van der Waals surface area contributed by atoms with Crippen molar-refractivity contribution in [2.45, 2.75) is 0 Å². The smallest absolute Gasteiger partial charge is 0.271 e. The van der Waals surface area contributed by atoms with Crippen molar-refractivity contribution in [3.05, 3.63) is 178 Å². The second kappa shape index (κ2) is 20.5. The van der Waals surface area contributed by atoms with Gasteiger partial charge in [0.15, 0.2) is 6.29 Å². The average Bonchev–Trinajstić information content (AvgIpc) is 3.25.